The van der Waals surface area contributed by atoms with E-state index in [0.29, 0.717) is 28.1 Å². The fourth-order valence-corrected chi connectivity index (χ4v) is 4.09. The van der Waals surface area contributed by atoms with Crippen molar-refractivity contribution < 1.29 is 33.8 Å². The first-order chi connectivity index (χ1) is 20.1. The fraction of sp³-hybridized carbons (Fsp3) is 0.300. The van der Waals surface area contributed by atoms with E-state index in [0.717, 1.165) is 23.3 Å². The molecular formula is C30H33N5O7. The summed E-state index contributed by atoms with van der Waals surface area (Å²) in [7, 11) is 0. The van der Waals surface area contributed by atoms with E-state index in [2.05, 4.69) is 15.3 Å². The summed E-state index contributed by atoms with van der Waals surface area (Å²) >= 11 is 0. The number of amides is 3. The van der Waals surface area contributed by atoms with Gasteiger partial charge in [0.15, 0.2) is 0 Å². The lowest BCUT2D eigenvalue weighted by Crippen LogP contribution is -2.38. The Kier molecular flexibility index (Phi) is 9.25. The van der Waals surface area contributed by atoms with Crippen LogP contribution in [0.25, 0.3) is 0 Å². The molecule has 1 saturated carbocycles. The molecule has 1 fully saturated rings. The topological polar surface area (TPSA) is 176 Å². The van der Waals surface area contributed by atoms with Crippen LogP contribution in [0.1, 0.15) is 62.9 Å². The van der Waals surface area contributed by atoms with E-state index in [1.54, 1.807) is 44.2 Å². The number of H-pyrrole nitrogens is 1. The standard InChI is InChI=1S/C30H33N5O7/c1-4-35(30(40)42-16-41-25(37)13-19-6-11-22(36)12-7-19)29(39)23-15-32-26(18(23)3)27(31)34-24-14-20(8-5-17(24)2)28(38)33-21-9-10-21/h5-8,11-12,14-15,21,32,36H,4,9-10,13,16H2,1-3H3,(H2,31,34)(H,33,38). The van der Waals surface area contributed by atoms with E-state index in [4.69, 9.17) is 15.2 Å². The maximum absolute atomic E-state index is 13.2. The average molecular weight is 576 g/mol. The van der Waals surface area contributed by atoms with Crippen molar-refractivity contribution in [2.24, 2.45) is 10.7 Å². The molecule has 2 aromatic carbocycles. The second-order valence-corrected chi connectivity index (χ2v) is 9.89. The summed E-state index contributed by atoms with van der Waals surface area (Å²) in [6.07, 6.45) is 2.31. The lowest BCUT2D eigenvalue weighted by atomic mass is 10.1. The predicted molar refractivity (Wildman–Crippen MR) is 154 cm³/mol. The first kappa shape index (κ1) is 29.8. The Bertz CT molecular complexity index is 1520. The summed E-state index contributed by atoms with van der Waals surface area (Å²) in [5, 5.41) is 12.3. The van der Waals surface area contributed by atoms with E-state index >= 15 is 0 Å². The van der Waals surface area contributed by atoms with Crippen molar-refractivity contribution in [3.8, 4) is 5.75 Å². The van der Waals surface area contributed by atoms with Crippen LogP contribution in [0.15, 0.2) is 53.7 Å². The summed E-state index contributed by atoms with van der Waals surface area (Å²) in [5.41, 5.74) is 9.73. The molecule has 3 amide bonds. The number of esters is 1. The quantitative estimate of drug-likeness (QED) is 0.123. The third-order valence-electron chi connectivity index (χ3n) is 6.72. The first-order valence-electron chi connectivity index (χ1n) is 13.4. The number of hydrogen-bond acceptors (Lipinski definition) is 8. The van der Waals surface area contributed by atoms with Crippen LogP contribution in [-0.4, -0.2) is 64.1 Å². The summed E-state index contributed by atoms with van der Waals surface area (Å²) in [4.78, 5) is 58.7. The van der Waals surface area contributed by atoms with Crippen LogP contribution in [0.4, 0.5) is 10.5 Å². The van der Waals surface area contributed by atoms with Gasteiger partial charge < -0.3 is 30.6 Å². The van der Waals surface area contributed by atoms with Crippen LogP contribution in [0.3, 0.4) is 0 Å². The molecule has 1 heterocycles. The third kappa shape index (κ3) is 7.33. The number of ether oxygens (including phenoxy) is 2. The molecule has 0 aliphatic heterocycles. The van der Waals surface area contributed by atoms with Gasteiger partial charge >= 0.3 is 12.1 Å². The Morgan fingerprint density at radius 1 is 1.10 bits per heavy atom. The highest BCUT2D eigenvalue weighted by Crippen LogP contribution is 2.24. The average Bonchev–Trinajstić information content (AvgIpc) is 3.69. The number of aromatic nitrogens is 1. The number of phenolic OH excluding ortho intramolecular Hbond substituents is 1. The number of aromatic hydroxyl groups is 1. The van der Waals surface area contributed by atoms with E-state index in [1.807, 2.05) is 6.92 Å². The van der Waals surface area contributed by atoms with Gasteiger partial charge in [-0.3, -0.25) is 14.4 Å². The monoisotopic (exact) mass is 575 g/mol. The molecule has 12 heteroatoms. The Balaban J connectivity index is 1.39. The molecule has 0 saturated heterocycles. The van der Waals surface area contributed by atoms with Crippen LogP contribution >= 0.6 is 0 Å². The molecule has 0 unspecified atom stereocenters. The number of nitrogens with one attached hydrogen (secondary N) is 2. The highest BCUT2D eigenvalue weighted by atomic mass is 16.7. The molecule has 1 aromatic heterocycles. The van der Waals surface area contributed by atoms with E-state index in [9.17, 15) is 24.3 Å². The predicted octanol–water partition coefficient (Wildman–Crippen LogP) is 3.61. The molecule has 3 aromatic rings. The van der Waals surface area contributed by atoms with Crippen LogP contribution in [0, 0.1) is 13.8 Å². The number of carbonyl (C=O) groups is 4. The number of aromatic amines is 1. The molecule has 1 aliphatic rings. The Morgan fingerprint density at radius 3 is 2.48 bits per heavy atom. The second-order valence-electron chi connectivity index (χ2n) is 9.89. The minimum absolute atomic E-state index is 0.00243. The molecule has 0 radical (unpaired) electrons. The minimum Gasteiger partial charge on any atom is -0.508 e. The molecule has 42 heavy (non-hydrogen) atoms. The van der Waals surface area contributed by atoms with Gasteiger partial charge in [0.2, 0.25) is 6.79 Å². The molecule has 5 N–H and O–H groups in total. The number of amidine groups is 1. The maximum Gasteiger partial charge on any atom is 0.419 e. The summed E-state index contributed by atoms with van der Waals surface area (Å²) in [6, 6.07) is 11.4. The zero-order valence-electron chi connectivity index (χ0n) is 23.6. The van der Waals surface area contributed by atoms with Gasteiger partial charge in [0.1, 0.15) is 11.6 Å². The highest BCUT2D eigenvalue weighted by molar-refractivity contribution is 6.07. The van der Waals surface area contributed by atoms with Gasteiger partial charge in [-0.25, -0.2) is 14.7 Å². The largest absolute Gasteiger partial charge is 0.508 e. The van der Waals surface area contributed by atoms with Crippen molar-refractivity contribution in [3.05, 3.63) is 82.2 Å². The molecule has 220 valence electrons. The molecular weight excluding hydrogens is 542 g/mol. The van der Waals surface area contributed by atoms with Crippen molar-refractivity contribution in [2.75, 3.05) is 13.3 Å². The number of nitrogens with zero attached hydrogens (tertiary/aromatic N) is 2. The summed E-state index contributed by atoms with van der Waals surface area (Å²) in [5.74, 6) is -1.29. The number of aryl methyl sites for hydroxylation is 1. The number of aliphatic imine (C=N–C) groups is 1. The van der Waals surface area contributed by atoms with Crippen LogP contribution in [-0.2, 0) is 20.7 Å². The van der Waals surface area contributed by atoms with E-state index in [-0.39, 0.29) is 42.1 Å². The van der Waals surface area contributed by atoms with Gasteiger partial charge in [0, 0.05) is 24.3 Å². The van der Waals surface area contributed by atoms with Crippen molar-refractivity contribution in [3.63, 3.8) is 0 Å². The van der Waals surface area contributed by atoms with Gasteiger partial charge in [0.05, 0.1) is 23.4 Å². The van der Waals surface area contributed by atoms with Crippen LogP contribution < -0.4 is 11.1 Å². The molecule has 0 bridgehead atoms. The van der Waals surface area contributed by atoms with Crippen LogP contribution in [0.2, 0.25) is 0 Å². The first-order valence-corrected chi connectivity index (χ1v) is 13.4. The van der Waals surface area contributed by atoms with Gasteiger partial charge in [-0.15, -0.1) is 0 Å². The number of nitrogens with two attached hydrogens (primary N) is 1. The summed E-state index contributed by atoms with van der Waals surface area (Å²) < 4.78 is 9.95. The third-order valence-corrected chi connectivity index (χ3v) is 6.72. The Labute approximate surface area is 242 Å². The van der Waals surface area contributed by atoms with Gasteiger partial charge in [-0.2, -0.15) is 0 Å². The van der Waals surface area contributed by atoms with Gasteiger partial charge in [-0.1, -0.05) is 18.2 Å². The maximum atomic E-state index is 13.2. The molecule has 0 spiro atoms. The van der Waals surface area contributed by atoms with E-state index in [1.165, 1.54) is 18.3 Å². The smallest absolute Gasteiger partial charge is 0.419 e. The number of phenols is 1. The fourth-order valence-electron chi connectivity index (χ4n) is 4.09. The SMILES string of the molecule is CCN(C(=O)OCOC(=O)Cc1ccc(O)cc1)C(=O)c1c[nH]c(C(N)=Nc2cc(C(=O)NC3CC3)ccc2C)c1C. The number of imide groups is 1. The van der Waals surface area contributed by atoms with Gasteiger partial charge in [0.25, 0.3) is 11.8 Å². The Morgan fingerprint density at radius 2 is 1.81 bits per heavy atom. The lowest BCUT2D eigenvalue weighted by Gasteiger charge is -2.18. The van der Waals surface area contributed by atoms with Crippen molar-refractivity contribution in [2.45, 2.75) is 46.1 Å². The second kappa shape index (κ2) is 13.0. The number of benzene rings is 2. The number of rotatable bonds is 10. The van der Waals surface area contributed by atoms with Crippen LogP contribution in [0.5, 0.6) is 5.75 Å². The normalized spacial score (nSPS) is 12.9. The number of carbonyl (C=O) groups excluding carboxylic acids is 4. The van der Waals surface area contributed by atoms with Gasteiger partial charge in [-0.05, 0) is 74.6 Å². The molecule has 0 atom stereocenters. The molecule has 1 aliphatic carbocycles. The molecule has 12 nitrogen and oxygen atoms in total. The zero-order valence-corrected chi connectivity index (χ0v) is 23.6. The molecule has 4 rings (SSSR count). The highest BCUT2D eigenvalue weighted by Gasteiger charge is 2.27. The van der Waals surface area contributed by atoms with Crippen molar-refractivity contribution in [1.82, 2.24) is 15.2 Å². The van der Waals surface area contributed by atoms with Crippen molar-refractivity contribution >= 4 is 35.4 Å². The number of hydrogen-bond donors (Lipinski definition) is 4. The lowest BCUT2D eigenvalue weighted by molar-refractivity contribution is -0.151. The minimum atomic E-state index is -0.986. The Hall–Kier alpha value is -5.13. The zero-order chi connectivity index (χ0) is 30.4. The van der Waals surface area contributed by atoms with E-state index < -0.39 is 24.8 Å². The van der Waals surface area contributed by atoms with Crippen molar-refractivity contribution in [1.29, 1.82) is 0 Å². The summed E-state index contributed by atoms with van der Waals surface area (Å²) in [6.45, 7) is 4.44.